The molecule has 28 heavy (non-hydrogen) atoms. The third kappa shape index (κ3) is 3.30. The van der Waals surface area contributed by atoms with E-state index in [4.69, 9.17) is 14.7 Å². The molecular weight excluding hydrogens is 370 g/mol. The molecule has 1 aliphatic heterocycles. The molecule has 4 heterocycles. The van der Waals surface area contributed by atoms with Gasteiger partial charge in [-0.2, -0.15) is 0 Å². The van der Waals surface area contributed by atoms with Crippen LogP contribution in [0.4, 0.5) is 5.95 Å². The topological polar surface area (TPSA) is 55.5 Å². The number of hydrogen-bond acceptors (Lipinski definition) is 6. The maximum atomic E-state index is 5.42. The van der Waals surface area contributed by atoms with E-state index < -0.39 is 0 Å². The summed E-state index contributed by atoms with van der Waals surface area (Å²) in [6, 6.07) is 12.2. The molecule has 4 aromatic rings. The normalized spacial score (nSPS) is 14.9. The Balaban J connectivity index is 1.50. The van der Waals surface area contributed by atoms with Gasteiger partial charge in [0.1, 0.15) is 0 Å². The Bertz CT molecular complexity index is 1110. The first-order valence-corrected chi connectivity index (χ1v) is 10.1. The van der Waals surface area contributed by atoms with Crippen LogP contribution < -0.4 is 4.90 Å². The lowest BCUT2D eigenvalue weighted by atomic mass is 10.1. The second-order valence-electron chi connectivity index (χ2n) is 6.48. The van der Waals surface area contributed by atoms with Crippen LogP contribution in [0.15, 0.2) is 54.2 Å². The summed E-state index contributed by atoms with van der Waals surface area (Å²) >= 11 is 1.63. The molecule has 7 heteroatoms. The van der Waals surface area contributed by atoms with Gasteiger partial charge in [0, 0.05) is 36.4 Å². The van der Waals surface area contributed by atoms with Crippen LogP contribution in [0.1, 0.15) is 11.4 Å². The molecule has 1 aliphatic rings. The molecular formula is C21H19N5OS. The summed E-state index contributed by atoms with van der Waals surface area (Å²) in [4.78, 5) is 17.1. The third-order valence-corrected chi connectivity index (χ3v) is 5.47. The number of thiazole rings is 1. The molecule has 0 radical (unpaired) electrons. The standard InChI is InChI=1S/C21H19N5OS/c1-2-4-16(5-3-1)19-18(26-12-15-28-21(26)24-19)7-6-17-8-9-22-20(23-17)25-10-13-27-14-11-25/h1-9,12,15H,10-11,13-14H2. The van der Waals surface area contributed by atoms with Crippen molar-refractivity contribution in [3.05, 3.63) is 65.6 Å². The Morgan fingerprint density at radius 1 is 1.00 bits per heavy atom. The number of rotatable bonds is 4. The molecule has 1 fully saturated rings. The smallest absolute Gasteiger partial charge is 0.225 e. The second-order valence-corrected chi connectivity index (χ2v) is 7.35. The Morgan fingerprint density at radius 3 is 2.71 bits per heavy atom. The zero-order chi connectivity index (χ0) is 18.8. The molecule has 5 rings (SSSR count). The van der Waals surface area contributed by atoms with Gasteiger partial charge in [-0.25, -0.2) is 15.0 Å². The molecule has 140 valence electrons. The minimum atomic E-state index is 0.718. The van der Waals surface area contributed by atoms with E-state index in [0.29, 0.717) is 0 Å². The first kappa shape index (κ1) is 17.1. The van der Waals surface area contributed by atoms with E-state index in [1.54, 1.807) is 11.3 Å². The van der Waals surface area contributed by atoms with Crippen LogP contribution in [-0.4, -0.2) is 45.7 Å². The maximum absolute atomic E-state index is 5.42. The van der Waals surface area contributed by atoms with Crippen LogP contribution in [-0.2, 0) is 4.74 Å². The van der Waals surface area contributed by atoms with Gasteiger partial charge in [-0.15, -0.1) is 11.3 Å². The predicted octanol–water partition coefficient (Wildman–Crippen LogP) is 3.86. The van der Waals surface area contributed by atoms with Gasteiger partial charge in [0.05, 0.1) is 30.3 Å². The lowest BCUT2D eigenvalue weighted by Crippen LogP contribution is -2.37. The van der Waals surface area contributed by atoms with E-state index in [1.165, 1.54) is 0 Å². The van der Waals surface area contributed by atoms with E-state index in [-0.39, 0.29) is 0 Å². The van der Waals surface area contributed by atoms with Crippen LogP contribution in [0.2, 0.25) is 0 Å². The number of anilines is 1. The first-order chi connectivity index (χ1) is 13.9. The number of nitrogens with zero attached hydrogens (tertiary/aromatic N) is 5. The maximum Gasteiger partial charge on any atom is 0.225 e. The Kier molecular flexibility index (Phi) is 4.60. The summed E-state index contributed by atoms with van der Waals surface area (Å²) in [5.74, 6) is 0.752. The quantitative estimate of drug-likeness (QED) is 0.530. The fourth-order valence-electron chi connectivity index (χ4n) is 3.31. The molecule has 3 aromatic heterocycles. The average molecular weight is 389 g/mol. The zero-order valence-corrected chi connectivity index (χ0v) is 16.0. The Labute approximate surface area is 166 Å². The van der Waals surface area contributed by atoms with E-state index in [0.717, 1.165) is 59.9 Å². The first-order valence-electron chi connectivity index (χ1n) is 9.23. The molecule has 0 atom stereocenters. The van der Waals surface area contributed by atoms with E-state index in [2.05, 4.69) is 44.1 Å². The number of imidazole rings is 1. The number of morpholine rings is 1. The molecule has 6 nitrogen and oxygen atoms in total. The van der Waals surface area contributed by atoms with Gasteiger partial charge in [-0.05, 0) is 18.2 Å². The highest BCUT2D eigenvalue weighted by atomic mass is 32.1. The predicted molar refractivity (Wildman–Crippen MR) is 112 cm³/mol. The summed E-state index contributed by atoms with van der Waals surface area (Å²) in [5.41, 5.74) is 4.01. The minimum absolute atomic E-state index is 0.718. The van der Waals surface area contributed by atoms with Gasteiger partial charge in [-0.3, -0.25) is 4.40 Å². The lowest BCUT2D eigenvalue weighted by molar-refractivity contribution is 0.122. The number of aromatic nitrogens is 4. The van der Waals surface area contributed by atoms with Crippen molar-refractivity contribution in [2.45, 2.75) is 0 Å². The molecule has 1 saturated heterocycles. The Morgan fingerprint density at radius 2 is 1.86 bits per heavy atom. The van der Waals surface area contributed by atoms with Crippen molar-refractivity contribution < 1.29 is 4.74 Å². The number of hydrogen-bond donors (Lipinski definition) is 0. The highest BCUT2D eigenvalue weighted by molar-refractivity contribution is 7.15. The highest BCUT2D eigenvalue weighted by Crippen LogP contribution is 2.28. The summed E-state index contributed by atoms with van der Waals surface area (Å²) in [6.07, 6.45) is 7.98. The van der Waals surface area contributed by atoms with Crippen LogP contribution in [0, 0.1) is 0 Å². The zero-order valence-electron chi connectivity index (χ0n) is 15.2. The van der Waals surface area contributed by atoms with Gasteiger partial charge in [-0.1, -0.05) is 30.3 Å². The molecule has 0 amide bonds. The summed E-state index contributed by atoms with van der Waals surface area (Å²) in [6.45, 7) is 3.08. The minimum Gasteiger partial charge on any atom is -0.378 e. The second kappa shape index (κ2) is 7.53. The molecule has 0 N–H and O–H groups in total. The van der Waals surface area contributed by atoms with Crippen molar-refractivity contribution in [2.75, 3.05) is 31.2 Å². The SMILES string of the molecule is C(=Cc1c(-c2ccccc2)nc2sccn12)c1ccnc(N2CCOCC2)n1. The summed E-state index contributed by atoms with van der Waals surface area (Å²) in [5, 5.41) is 2.05. The van der Waals surface area contributed by atoms with E-state index in [9.17, 15) is 0 Å². The average Bonchev–Trinajstić information content (AvgIpc) is 3.35. The largest absolute Gasteiger partial charge is 0.378 e. The van der Waals surface area contributed by atoms with Crippen molar-refractivity contribution in [3.63, 3.8) is 0 Å². The molecule has 0 saturated carbocycles. The lowest BCUT2D eigenvalue weighted by Gasteiger charge is -2.26. The monoisotopic (exact) mass is 389 g/mol. The van der Waals surface area contributed by atoms with E-state index in [1.807, 2.05) is 36.5 Å². The van der Waals surface area contributed by atoms with E-state index >= 15 is 0 Å². The number of fused-ring (bicyclic) bond motifs is 1. The molecule has 0 spiro atoms. The van der Waals surface area contributed by atoms with Gasteiger partial charge in [0.2, 0.25) is 5.95 Å². The van der Waals surface area contributed by atoms with Crippen molar-refractivity contribution in [3.8, 4) is 11.3 Å². The molecule has 1 aromatic carbocycles. The molecule has 0 aliphatic carbocycles. The van der Waals surface area contributed by atoms with Crippen molar-refractivity contribution in [1.29, 1.82) is 0 Å². The van der Waals surface area contributed by atoms with Gasteiger partial charge >= 0.3 is 0 Å². The van der Waals surface area contributed by atoms with Gasteiger partial charge in [0.25, 0.3) is 0 Å². The van der Waals surface area contributed by atoms with Crippen molar-refractivity contribution >= 4 is 34.4 Å². The highest BCUT2D eigenvalue weighted by Gasteiger charge is 2.14. The van der Waals surface area contributed by atoms with Crippen LogP contribution in [0.5, 0.6) is 0 Å². The van der Waals surface area contributed by atoms with Crippen LogP contribution in [0.3, 0.4) is 0 Å². The van der Waals surface area contributed by atoms with Gasteiger partial charge < -0.3 is 9.64 Å². The van der Waals surface area contributed by atoms with Crippen LogP contribution >= 0.6 is 11.3 Å². The molecule has 0 bridgehead atoms. The van der Waals surface area contributed by atoms with Crippen LogP contribution in [0.25, 0.3) is 28.4 Å². The summed E-state index contributed by atoms with van der Waals surface area (Å²) in [7, 11) is 0. The number of benzene rings is 1. The van der Waals surface area contributed by atoms with Gasteiger partial charge in [0.15, 0.2) is 4.96 Å². The Hall–Kier alpha value is -3.03. The third-order valence-electron chi connectivity index (χ3n) is 4.72. The van der Waals surface area contributed by atoms with Crippen molar-refractivity contribution in [2.24, 2.45) is 0 Å². The fourth-order valence-corrected chi connectivity index (χ4v) is 4.03. The van der Waals surface area contributed by atoms with Crippen molar-refractivity contribution in [1.82, 2.24) is 19.4 Å². The molecule has 0 unspecified atom stereocenters. The number of ether oxygens (including phenoxy) is 1. The summed E-state index contributed by atoms with van der Waals surface area (Å²) < 4.78 is 7.54. The fraction of sp³-hybridized carbons (Fsp3) is 0.190.